The Morgan fingerprint density at radius 2 is 1.82 bits per heavy atom. The lowest BCUT2D eigenvalue weighted by molar-refractivity contribution is -0.121. The smallest absolute Gasteiger partial charge is 0.220 e. The van der Waals surface area contributed by atoms with Gasteiger partial charge in [0.15, 0.2) is 11.5 Å². The van der Waals surface area contributed by atoms with Crippen molar-refractivity contribution in [3.05, 3.63) is 75.7 Å². The van der Waals surface area contributed by atoms with Crippen molar-refractivity contribution >= 4 is 28.5 Å². The minimum absolute atomic E-state index is 0.105. The SMILES string of the molecule is COc1cc2c(c(OC)c1OC)-c1ccc(NCCCC(=O)NCc3nc4ccccc4[nH]3)c(=O)cc1[C@@H](NC(C)=O)CC2. The van der Waals surface area contributed by atoms with Crippen molar-refractivity contribution < 1.29 is 23.8 Å². The van der Waals surface area contributed by atoms with Crippen LogP contribution in [-0.4, -0.2) is 49.7 Å². The summed E-state index contributed by atoms with van der Waals surface area (Å²) in [5, 5.41) is 9.09. The Kier molecular flexibility index (Phi) is 9.32. The van der Waals surface area contributed by atoms with Crippen LogP contribution in [-0.2, 0) is 22.6 Å². The number of aromatic amines is 1. The number of hydrogen-bond donors (Lipinski definition) is 4. The molecule has 11 heteroatoms. The van der Waals surface area contributed by atoms with Crippen molar-refractivity contribution in [2.45, 2.75) is 45.2 Å². The number of aryl methyl sites for hydroxylation is 1. The van der Waals surface area contributed by atoms with Crippen molar-refractivity contribution in [3.8, 4) is 28.4 Å². The zero-order valence-corrected chi connectivity index (χ0v) is 25.3. The number of para-hydroxylation sites is 2. The van der Waals surface area contributed by atoms with Crippen LogP contribution in [0.2, 0.25) is 0 Å². The van der Waals surface area contributed by atoms with E-state index < -0.39 is 0 Å². The second-order valence-corrected chi connectivity index (χ2v) is 10.6. The molecule has 4 aromatic rings. The summed E-state index contributed by atoms with van der Waals surface area (Å²) in [5.74, 6) is 1.88. The highest BCUT2D eigenvalue weighted by Crippen LogP contribution is 2.50. The molecule has 4 N–H and O–H groups in total. The van der Waals surface area contributed by atoms with Crippen LogP contribution in [0, 0.1) is 0 Å². The Morgan fingerprint density at radius 1 is 1.02 bits per heavy atom. The molecule has 1 heterocycles. The molecule has 5 rings (SSSR count). The van der Waals surface area contributed by atoms with E-state index in [4.69, 9.17) is 14.2 Å². The van der Waals surface area contributed by atoms with Gasteiger partial charge in [-0.3, -0.25) is 14.4 Å². The summed E-state index contributed by atoms with van der Waals surface area (Å²) in [4.78, 5) is 45.7. The average Bonchev–Trinajstić information content (AvgIpc) is 3.30. The Balaban J connectivity index is 1.34. The molecule has 0 spiro atoms. The van der Waals surface area contributed by atoms with E-state index in [2.05, 4.69) is 25.9 Å². The molecule has 0 bridgehead atoms. The molecule has 3 aromatic carbocycles. The molecule has 0 aliphatic heterocycles. The van der Waals surface area contributed by atoms with Gasteiger partial charge < -0.3 is 35.1 Å². The van der Waals surface area contributed by atoms with Crippen molar-refractivity contribution in [3.63, 3.8) is 0 Å². The maximum atomic E-state index is 13.4. The number of carbonyl (C=O) groups excluding carboxylic acids is 2. The lowest BCUT2D eigenvalue weighted by Crippen LogP contribution is -2.26. The maximum Gasteiger partial charge on any atom is 0.220 e. The number of aromatic nitrogens is 2. The number of rotatable bonds is 11. The number of H-pyrrole nitrogens is 1. The van der Waals surface area contributed by atoms with Crippen LogP contribution in [0.25, 0.3) is 22.2 Å². The highest BCUT2D eigenvalue weighted by Gasteiger charge is 2.29. The fourth-order valence-corrected chi connectivity index (χ4v) is 5.69. The van der Waals surface area contributed by atoms with Crippen LogP contribution in [0.5, 0.6) is 17.2 Å². The number of fused-ring (bicyclic) bond motifs is 4. The van der Waals surface area contributed by atoms with E-state index in [-0.39, 0.29) is 29.7 Å². The van der Waals surface area contributed by atoms with Crippen molar-refractivity contribution in [1.29, 1.82) is 0 Å². The van der Waals surface area contributed by atoms with Gasteiger partial charge in [0.1, 0.15) is 5.82 Å². The monoisotopic (exact) mass is 599 g/mol. The highest BCUT2D eigenvalue weighted by atomic mass is 16.5. The van der Waals surface area contributed by atoms with Gasteiger partial charge in [-0.05, 0) is 66.3 Å². The van der Waals surface area contributed by atoms with Crippen molar-refractivity contribution in [2.24, 2.45) is 0 Å². The number of nitrogens with one attached hydrogen (secondary N) is 4. The Bertz CT molecular complexity index is 1720. The Hall–Kier alpha value is -5.06. The molecule has 0 saturated heterocycles. The van der Waals surface area contributed by atoms with E-state index in [0.29, 0.717) is 66.7 Å². The van der Waals surface area contributed by atoms with Crippen LogP contribution in [0.1, 0.15) is 49.2 Å². The highest BCUT2D eigenvalue weighted by molar-refractivity contribution is 5.84. The molecule has 230 valence electrons. The standard InChI is InChI=1S/C33H37N5O6/c1-19(39)36-23-13-11-20-16-28(42-2)32(43-3)33(44-4)31(20)21-12-14-26(27(40)17-22(21)23)34-15-7-10-30(41)35-18-29-37-24-8-5-6-9-25(24)38-29/h5-6,8-9,12,14,16-17,23H,7,10-11,13,15,18H2,1-4H3,(H,34,40)(H,35,41)(H,36,39)(H,37,38)/t23-/m0/s1. The normalized spacial score (nSPS) is 13.7. The number of methoxy groups -OCH3 is 3. The number of hydrogen-bond acceptors (Lipinski definition) is 8. The maximum absolute atomic E-state index is 13.4. The number of anilines is 1. The summed E-state index contributed by atoms with van der Waals surface area (Å²) in [5.41, 5.74) is 5.13. The van der Waals surface area contributed by atoms with Gasteiger partial charge >= 0.3 is 0 Å². The third kappa shape index (κ3) is 6.46. The number of ether oxygens (including phenoxy) is 3. The molecule has 0 saturated carbocycles. The van der Waals surface area contributed by atoms with Gasteiger partial charge in [-0.15, -0.1) is 0 Å². The van der Waals surface area contributed by atoms with Crippen LogP contribution < -0.4 is 35.6 Å². The number of nitrogens with zero attached hydrogens (tertiary/aromatic N) is 1. The fraction of sp³-hybridized carbons (Fsp3) is 0.333. The quantitative estimate of drug-likeness (QED) is 0.187. The van der Waals surface area contributed by atoms with E-state index in [9.17, 15) is 14.4 Å². The molecule has 1 aromatic heterocycles. The van der Waals surface area contributed by atoms with Crippen molar-refractivity contribution in [2.75, 3.05) is 33.2 Å². The molecule has 1 aliphatic rings. The molecule has 1 aliphatic carbocycles. The fourth-order valence-electron chi connectivity index (χ4n) is 5.69. The lowest BCUT2D eigenvalue weighted by Gasteiger charge is -2.19. The number of benzene rings is 2. The Morgan fingerprint density at radius 3 is 2.55 bits per heavy atom. The largest absolute Gasteiger partial charge is 0.493 e. The van der Waals surface area contributed by atoms with Gasteiger partial charge in [-0.1, -0.05) is 18.2 Å². The van der Waals surface area contributed by atoms with Gasteiger partial charge in [0.2, 0.25) is 23.0 Å². The summed E-state index contributed by atoms with van der Waals surface area (Å²) in [7, 11) is 4.68. The van der Waals surface area contributed by atoms with Crippen molar-refractivity contribution in [1.82, 2.24) is 20.6 Å². The summed E-state index contributed by atoms with van der Waals surface area (Å²) < 4.78 is 17.1. The van der Waals surface area contributed by atoms with E-state index in [1.807, 2.05) is 36.4 Å². The van der Waals surface area contributed by atoms with Gasteiger partial charge in [0.05, 0.1) is 50.6 Å². The molecule has 11 nitrogen and oxygen atoms in total. The van der Waals surface area contributed by atoms with Gasteiger partial charge in [-0.2, -0.15) is 0 Å². The molecule has 0 unspecified atom stereocenters. The minimum Gasteiger partial charge on any atom is -0.493 e. The average molecular weight is 600 g/mol. The zero-order valence-electron chi connectivity index (χ0n) is 25.3. The van der Waals surface area contributed by atoms with E-state index in [1.165, 1.54) is 6.92 Å². The lowest BCUT2D eigenvalue weighted by atomic mass is 9.95. The predicted octanol–water partition coefficient (Wildman–Crippen LogP) is 4.25. The van der Waals surface area contributed by atoms with Crippen LogP contribution in [0.15, 0.2) is 53.3 Å². The van der Waals surface area contributed by atoms with Crippen LogP contribution >= 0.6 is 0 Å². The van der Waals surface area contributed by atoms with Crippen LogP contribution in [0.4, 0.5) is 5.69 Å². The molecular formula is C33H37N5O6. The van der Waals surface area contributed by atoms with E-state index >= 15 is 0 Å². The third-order valence-corrected chi connectivity index (χ3v) is 7.70. The van der Waals surface area contributed by atoms with Gasteiger partial charge in [0.25, 0.3) is 0 Å². The summed E-state index contributed by atoms with van der Waals surface area (Å²) in [6.07, 6.45) is 2.00. The molecule has 0 radical (unpaired) electrons. The molecule has 44 heavy (non-hydrogen) atoms. The van der Waals surface area contributed by atoms with Crippen LogP contribution in [0.3, 0.4) is 0 Å². The third-order valence-electron chi connectivity index (χ3n) is 7.70. The molecule has 0 fully saturated rings. The predicted molar refractivity (Wildman–Crippen MR) is 168 cm³/mol. The zero-order chi connectivity index (χ0) is 31.2. The molecular weight excluding hydrogens is 562 g/mol. The first-order chi connectivity index (χ1) is 21.3. The second kappa shape index (κ2) is 13.5. The Labute approximate surface area is 255 Å². The van der Waals surface area contributed by atoms with Gasteiger partial charge in [-0.25, -0.2) is 4.98 Å². The summed E-state index contributed by atoms with van der Waals surface area (Å²) in [6, 6.07) is 14.4. The molecule has 2 amide bonds. The first-order valence-electron chi connectivity index (χ1n) is 14.5. The van der Waals surface area contributed by atoms with E-state index in [0.717, 1.165) is 27.7 Å². The minimum atomic E-state index is -0.389. The topological polar surface area (TPSA) is 144 Å². The van der Waals surface area contributed by atoms with Gasteiger partial charge in [0, 0.05) is 25.5 Å². The van der Waals surface area contributed by atoms with E-state index in [1.54, 1.807) is 33.5 Å². The second-order valence-electron chi connectivity index (χ2n) is 10.6. The number of amides is 2. The summed E-state index contributed by atoms with van der Waals surface area (Å²) >= 11 is 0. The molecule has 1 atom stereocenters. The first-order valence-corrected chi connectivity index (χ1v) is 14.5. The number of imidazole rings is 1. The number of carbonyl (C=O) groups is 2. The first kappa shape index (κ1) is 30.4. The summed E-state index contributed by atoms with van der Waals surface area (Å²) in [6.45, 7) is 2.19.